The number of aromatic nitrogens is 2. The number of amides is 2. The number of fused-ring (bicyclic) bond motifs is 1. The number of rotatable bonds is 5. The summed E-state index contributed by atoms with van der Waals surface area (Å²) in [5.41, 5.74) is 2.10. The Bertz CT molecular complexity index is 1150. The Hall–Kier alpha value is -2.51. The molecule has 8 heteroatoms. The van der Waals surface area contributed by atoms with Crippen LogP contribution in [-0.4, -0.2) is 51.3 Å². The molecular weight excluding hydrogens is 474 g/mol. The molecule has 6 nitrogen and oxygen atoms in total. The Labute approximate surface area is 218 Å². The second-order valence-electron chi connectivity index (χ2n) is 12.5. The molecule has 1 aliphatic heterocycles. The number of alkyl halides is 2. The van der Waals surface area contributed by atoms with Gasteiger partial charge in [-0.05, 0) is 69.1 Å². The molecule has 2 aliphatic carbocycles. The van der Waals surface area contributed by atoms with Crippen molar-refractivity contribution in [3.8, 4) is 0 Å². The van der Waals surface area contributed by atoms with Gasteiger partial charge in [0.1, 0.15) is 5.82 Å². The third-order valence-corrected chi connectivity index (χ3v) is 8.55. The lowest BCUT2D eigenvalue weighted by Crippen LogP contribution is -2.47. The van der Waals surface area contributed by atoms with Crippen LogP contribution in [0.15, 0.2) is 18.2 Å². The molecule has 202 valence electrons. The first kappa shape index (κ1) is 26.1. The van der Waals surface area contributed by atoms with E-state index >= 15 is 0 Å². The van der Waals surface area contributed by atoms with Crippen molar-refractivity contribution in [2.45, 2.75) is 102 Å². The molecule has 0 unspecified atom stereocenters. The average Bonchev–Trinajstić information content (AvgIpc) is 3.20. The number of carbonyl (C=O) groups is 2. The van der Waals surface area contributed by atoms with Crippen LogP contribution < -0.4 is 5.32 Å². The van der Waals surface area contributed by atoms with E-state index in [1.54, 1.807) is 0 Å². The molecule has 37 heavy (non-hydrogen) atoms. The van der Waals surface area contributed by atoms with E-state index in [1.807, 2.05) is 23.1 Å². The third kappa shape index (κ3) is 5.68. The van der Waals surface area contributed by atoms with Crippen LogP contribution in [0.2, 0.25) is 0 Å². The van der Waals surface area contributed by atoms with Crippen LogP contribution in [0.3, 0.4) is 0 Å². The van der Waals surface area contributed by atoms with Gasteiger partial charge >= 0.3 is 0 Å². The van der Waals surface area contributed by atoms with Crippen LogP contribution in [0, 0.1) is 11.8 Å². The molecule has 2 amide bonds. The summed E-state index contributed by atoms with van der Waals surface area (Å²) in [7, 11) is 0. The lowest BCUT2D eigenvalue weighted by Gasteiger charge is -2.33. The second-order valence-corrected chi connectivity index (χ2v) is 12.5. The predicted molar refractivity (Wildman–Crippen MR) is 140 cm³/mol. The maximum atomic E-state index is 13.7. The lowest BCUT2D eigenvalue weighted by atomic mass is 9.86. The minimum atomic E-state index is -2.54. The Morgan fingerprint density at radius 2 is 1.73 bits per heavy atom. The van der Waals surface area contributed by atoms with E-state index in [0.29, 0.717) is 56.9 Å². The molecule has 0 atom stereocenters. The predicted octanol–water partition coefficient (Wildman–Crippen LogP) is 5.68. The highest BCUT2D eigenvalue weighted by atomic mass is 19.3. The average molecular weight is 515 g/mol. The van der Waals surface area contributed by atoms with E-state index in [-0.39, 0.29) is 41.9 Å². The molecular formula is C29H40F2N4O2. The maximum absolute atomic E-state index is 13.7. The first-order chi connectivity index (χ1) is 17.5. The summed E-state index contributed by atoms with van der Waals surface area (Å²) in [6.07, 6.45) is 5.66. The zero-order valence-corrected chi connectivity index (χ0v) is 22.4. The summed E-state index contributed by atoms with van der Waals surface area (Å²) in [6.45, 7) is 8.15. The summed E-state index contributed by atoms with van der Waals surface area (Å²) in [5.74, 6) is -1.33. The molecule has 0 radical (unpaired) electrons. The van der Waals surface area contributed by atoms with Gasteiger partial charge in [0, 0.05) is 55.4 Å². The van der Waals surface area contributed by atoms with Gasteiger partial charge in [-0.3, -0.25) is 9.59 Å². The van der Waals surface area contributed by atoms with Crippen LogP contribution in [-0.2, 0) is 16.8 Å². The van der Waals surface area contributed by atoms with Gasteiger partial charge in [0.2, 0.25) is 11.8 Å². The Morgan fingerprint density at radius 1 is 1.05 bits per heavy atom. The fraction of sp³-hybridized carbons (Fsp3) is 0.690. The van der Waals surface area contributed by atoms with Gasteiger partial charge in [-0.2, -0.15) is 0 Å². The van der Waals surface area contributed by atoms with E-state index < -0.39 is 5.92 Å². The van der Waals surface area contributed by atoms with Crippen LogP contribution in [0.25, 0.3) is 11.0 Å². The van der Waals surface area contributed by atoms with Gasteiger partial charge in [0.05, 0.1) is 11.0 Å². The van der Waals surface area contributed by atoms with E-state index in [0.717, 1.165) is 29.7 Å². The zero-order chi connectivity index (χ0) is 26.4. The first-order valence-electron chi connectivity index (χ1n) is 14.0. The number of benzene rings is 1. The molecule has 5 rings (SSSR count). The normalized spacial score (nSPS) is 21.7. The van der Waals surface area contributed by atoms with E-state index in [9.17, 15) is 18.4 Å². The van der Waals surface area contributed by atoms with Crippen molar-refractivity contribution >= 4 is 22.8 Å². The quantitative estimate of drug-likeness (QED) is 0.558. The summed E-state index contributed by atoms with van der Waals surface area (Å²) in [6, 6.07) is 6.03. The van der Waals surface area contributed by atoms with E-state index in [2.05, 4.69) is 30.7 Å². The van der Waals surface area contributed by atoms with Gasteiger partial charge in [0.15, 0.2) is 0 Å². The number of nitrogens with zero attached hydrogens (tertiary/aromatic N) is 3. The standard InChI is InChI=1S/C29H40F2N4O2/c1-28(2,3)27-33-23-17-21(7-8-24(23)35(27)18-19-9-13-29(30,31)14-10-19)26(37)34-15-11-20(12-16-34)25(36)32-22-5-4-6-22/h7-8,17,19-20,22H,4-6,9-16,18H2,1-3H3,(H,32,36). The summed E-state index contributed by atoms with van der Waals surface area (Å²) in [4.78, 5) is 32.6. The van der Waals surface area contributed by atoms with Gasteiger partial charge in [-0.25, -0.2) is 13.8 Å². The number of likely N-dealkylation sites (tertiary alicyclic amines) is 1. The van der Waals surface area contributed by atoms with E-state index in [4.69, 9.17) is 4.98 Å². The monoisotopic (exact) mass is 514 g/mol. The van der Waals surface area contributed by atoms with Crippen molar-refractivity contribution in [3.63, 3.8) is 0 Å². The van der Waals surface area contributed by atoms with Gasteiger partial charge < -0.3 is 14.8 Å². The molecule has 0 spiro atoms. The highest BCUT2D eigenvalue weighted by molar-refractivity contribution is 5.97. The van der Waals surface area contributed by atoms with Crippen molar-refractivity contribution in [1.29, 1.82) is 0 Å². The number of carbonyl (C=O) groups excluding carboxylic acids is 2. The molecule has 2 aromatic rings. The summed E-state index contributed by atoms with van der Waals surface area (Å²) < 4.78 is 29.6. The molecule has 1 N–H and O–H groups in total. The van der Waals surface area contributed by atoms with Crippen molar-refractivity contribution in [2.75, 3.05) is 13.1 Å². The molecule has 1 aromatic heterocycles. The maximum Gasteiger partial charge on any atom is 0.253 e. The SMILES string of the molecule is CC(C)(C)c1nc2cc(C(=O)N3CCC(C(=O)NC4CCC4)CC3)ccc2n1CC1CCC(F)(F)CC1. The van der Waals surface area contributed by atoms with E-state index in [1.165, 1.54) is 6.42 Å². The Kier molecular flexibility index (Phi) is 7.05. The summed E-state index contributed by atoms with van der Waals surface area (Å²) in [5, 5.41) is 3.14. The molecule has 1 saturated heterocycles. The molecule has 1 aromatic carbocycles. The van der Waals surface area contributed by atoms with Gasteiger partial charge in [0.25, 0.3) is 5.91 Å². The van der Waals surface area contributed by atoms with Gasteiger partial charge in [-0.1, -0.05) is 20.8 Å². The number of halogens is 2. The molecule has 2 saturated carbocycles. The third-order valence-electron chi connectivity index (χ3n) is 8.55. The number of hydrogen-bond donors (Lipinski definition) is 1. The fourth-order valence-electron chi connectivity index (χ4n) is 5.96. The number of nitrogens with one attached hydrogen (secondary N) is 1. The zero-order valence-electron chi connectivity index (χ0n) is 22.4. The molecule has 0 bridgehead atoms. The van der Waals surface area contributed by atoms with Crippen molar-refractivity contribution in [1.82, 2.24) is 19.8 Å². The topological polar surface area (TPSA) is 67.2 Å². The highest BCUT2D eigenvalue weighted by Gasteiger charge is 2.36. The largest absolute Gasteiger partial charge is 0.353 e. The van der Waals surface area contributed by atoms with Crippen LogP contribution in [0.1, 0.15) is 94.7 Å². The van der Waals surface area contributed by atoms with Crippen molar-refractivity contribution in [2.24, 2.45) is 11.8 Å². The van der Waals surface area contributed by atoms with Crippen LogP contribution in [0.4, 0.5) is 8.78 Å². The summed E-state index contributed by atoms with van der Waals surface area (Å²) >= 11 is 0. The Morgan fingerprint density at radius 3 is 2.32 bits per heavy atom. The second kappa shape index (κ2) is 9.99. The van der Waals surface area contributed by atoms with Crippen LogP contribution >= 0.6 is 0 Å². The van der Waals surface area contributed by atoms with Gasteiger partial charge in [-0.15, -0.1) is 0 Å². The van der Waals surface area contributed by atoms with Crippen LogP contribution in [0.5, 0.6) is 0 Å². The fourth-order valence-corrected chi connectivity index (χ4v) is 5.96. The van der Waals surface area contributed by atoms with Crippen molar-refractivity contribution in [3.05, 3.63) is 29.6 Å². The molecule has 2 heterocycles. The number of imidazole rings is 1. The van der Waals surface area contributed by atoms with Crippen molar-refractivity contribution < 1.29 is 18.4 Å². The lowest BCUT2D eigenvalue weighted by molar-refractivity contribution is -0.127. The Balaban J connectivity index is 1.29. The number of hydrogen-bond acceptors (Lipinski definition) is 3. The minimum absolute atomic E-state index is 0.0168. The first-order valence-corrected chi connectivity index (χ1v) is 14.0. The molecule has 3 fully saturated rings. The minimum Gasteiger partial charge on any atom is -0.353 e. The highest BCUT2D eigenvalue weighted by Crippen LogP contribution is 2.38. The molecule has 3 aliphatic rings. The number of piperidine rings is 1. The smallest absolute Gasteiger partial charge is 0.253 e.